The van der Waals surface area contributed by atoms with Crippen LogP contribution in [0.25, 0.3) is 0 Å². The summed E-state index contributed by atoms with van der Waals surface area (Å²) < 4.78 is 15.8. The van der Waals surface area contributed by atoms with Crippen molar-refractivity contribution < 1.29 is 9.05 Å². The Morgan fingerprint density at radius 1 is 0.850 bits per heavy atom. The lowest BCUT2D eigenvalue weighted by atomic mass is 10.3. The molecule has 20 heavy (non-hydrogen) atoms. The molecule has 0 saturated carbocycles. The predicted octanol–water partition coefficient (Wildman–Crippen LogP) is 4.85. The summed E-state index contributed by atoms with van der Waals surface area (Å²) in [4.78, 5) is 7.57. The van der Waals surface area contributed by atoms with Crippen molar-refractivity contribution in [3.63, 3.8) is 0 Å². The number of benzene rings is 2. The number of hydrogen-bond donors (Lipinski definition) is 1. The average molecular weight is 322 g/mol. The van der Waals surface area contributed by atoms with Crippen molar-refractivity contribution in [1.82, 2.24) is 9.72 Å². The van der Waals surface area contributed by atoms with Gasteiger partial charge in [-0.25, -0.2) is 0 Å². The van der Waals surface area contributed by atoms with Crippen LogP contribution in [0.3, 0.4) is 0 Å². The van der Waals surface area contributed by atoms with Crippen molar-refractivity contribution in [1.29, 1.82) is 0 Å². The minimum atomic E-state index is -1.20. The van der Waals surface area contributed by atoms with Crippen molar-refractivity contribution in [3.8, 4) is 11.5 Å². The van der Waals surface area contributed by atoms with Gasteiger partial charge in [0.05, 0.1) is 0 Å². The van der Waals surface area contributed by atoms with E-state index in [4.69, 9.17) is 9.05 Å². The molecule has 0 aliphatic carbocycles. The van der Waals surface area contributed by atoms with E-state index in [-0.39, 0.29) is 0 Å². The zero-order valence-corrected chi connectivity index (χ0v) is 13.0. The van der Waals surface area contributed by atoms with Gasteiger partial charge < -0.3 is 9.05 Å². The van der Waals surface area contributed by atoms with Gasteiger partial charge in [-0.15, -0.1) is 0 Å². The molecule has 0 aromatic heterocycles. The van der Waals surface area contributed by atoms with Crippen LogP contribution in [0, 0.1) is 0 Å². The fourth-order valence-electron chi connectivity index (χ4n) is 1.44. The molecule has 2 aromatic carbocycles. The van der Waals surface area contributed by atoms with E-state index in [9.17, 15) is 0 Å². The maximum atomic E-state index is 5.78. The molecule has 8 heteroatoms. The van der Waals surface area contributed by atoms with Crippen molar-refractivity contribution in [2.24, 2.45) is 4.52 Å². The van der Waals surface area contributed by atoms with Gasteiger partial charge in [-0.2, -0.15) is 9.37 Å². The van der Waals surface area contributed by atoms with Crippen LogP contribution in [0.15, 0.2) is 65.2 Å². The molecule has 0 amide bonds. The molecule has 1 N–H and O–H groups in total. The van der Waals surface area contributed by atoms with E-state index in [1.54, 1.807) is 0 Å². The van der Waals surface area contributed by atoms with Crippen LogP contribution in [-0.2, 0) is 0 Å². The van der Waals surface area contributed by atoms with Gasteiger partial charge in [0.15, 0.2) is 0 Å². The Kier molecular flexibility index (Phi) is 4.91. The van der Waals surface area contributed by atoms with E-state index in [2.05, 4.69) is 14.2 Å². The molecular weight excluding hydrogens is 311 g/mol. The highest BCUT2D eigenvalue weighted by atomic mass is 31.2. The van der Waals surface area contributed by atoms with Gasteiger partial charge in [0, 0.05) is 0 Å². The normalized spacial score (nSPS) is 22.2. The highest BCUT2D eigenvalue weighted by Gasteiger charge is 2.25. The van der Waals surface area contributed by atoms with Crippen molar-refractivity contribution in [3.05, 3.63) is 60.7 Å². The molecular formula is C12H11N3O2P3. The van der Waals surface area contributed by atoms with Gasteiger partial charge in [-0.1, -0.05) is 41.3 Å². The molecule has 101 valence electrons. The predicted molar refractivity (Wildman–Crippen MR) is 82.6 cm³/mol. The zero-order chi connectivity index (χ0) is 13.6. The van der Waals surface area contributed by atoms with Crippen LogP contribution < -0.4 is 18.8 Å². The topological polar surface area (TPSA) is 57.0 Å². The van der Waals surface area contributed by atoms with Crippen LogP contribution in [0.2, 0.25) is 0 Å². The van der Waals surface area contributed by atoms with Gasteiger partial charge in [0.1, 0.15) is 20.0 Å². The maximum absolute atomic E-state index is 5.78. The molecule has 1 aliphatic rings. The summed E-state index contributed by atoms with van der Waals surface area (Å²) in [5.74, 6) is 1.57. The molecule has 3 rings (SSSR count). The second-order valence-corrected chi connectivity index (χ2v) is 7.56. The van der Waals surface area contributed by atoms with Crippen molar-refractivity contribution >= 4 is 25.4 Å². The average Bonchev–Trinajstić information content (AvgIpc) is 2.50. The Hall–Kier alpha value is -1.08. The van der Waals surface area contributed by atoms with Gasteiger partial charge in [-0.05, 0) is 24.3 Å². The summed E-state index contributed by atoms with van der Waals surface area (Å²) in [5.41, 5.74) is 0. The lowest BCUT2D eigenvalue weighted by Gasteiger charge is -2.22. The van der Waals surface area contributed by atoms with Gasteiger partial charge >= 0.3 is 8.45 Å². The van der Waals surface area contributed by atoms with E-state index < -0.39 is 16.9 Å². The molecule has 2 unspecified atom stereocenters. The summed E-state index contributed by atoms with van der Waals surface area (Å²) in [6, 6.07) is 19.2. The number of para-hydroxylation sites is 2. The first-order valence-corrected chi connectivity index (χ1v) is 9.07. The first kappa shape index (κ1) is 13.9. The van der Waals surface area contributed by atoms with E-state index in [1.807, 2.05) is 60.7 Å². The van der Waals surface area contributed by atoms with Crippen LogP contribution in [0.5, 0.6) is 11.5 Å². The third-order valence-electron chi connectivity index (χ3n) is 2.27. The SMILES string of the molecule is c1ccc(OP2[N]P(Oc3ccccc3)NP=N2)cc1. The summed E-state index contributed by atoms with van der Waals surface area (Å²) in [6.45, 7) is 0. The quantitative estimate of drug-likeness (QED) is 0.819. The summed E-state index contributed by atoms with van der Waals surface area (Å²) >= 11 is 0. The Balaban J connectivity index is 1.59. The Bertz CT molecular complexity index is 571. The molecule has 2 aromatic rings. The number of hydrogen-bond acceptors (Lipinski definition) is 4. The standard InChI is InChI=1S/C12H11N3O2P3/c1-3-7-11(8-4-1)16-19-13-18-14-20(15-19)17-12-9-5-2-6-10-12/h1-10H,(H,13,14). The van der Waals surface area contributed by atoms with Crippen LogP contribution in [0.1, 0.15) is 0 Å². The molecule has 1 aliphatic heterocycles. The maximum Gasteiger partial charge on any atom is 0.327 e. The lowest BCUT2D eigenvalue weighted by Crippen LogP contribution is -2.10. The van der Waals surface area contributed by atoms with E-state index in [0.29, 0.717) is 0 Å². The van der Waals surface area contributed by atoms with E-state index in [1.165, 1.54) is 0 Å². The molecule has 1 radical (unpaired) electrons. The number of nitrogens with zero attached hydrogens (tertiary/aromatic N) is 2. The Labute approximate surface area is 121 Å². The monoisotopic (exact) mass is 322 g/mol. The first-order chi connectivity index (χ1) is 9.90. The highest BCUT2D eigenvalue weighted by Crippen LogP contribution is 2.53. The van der Waals surface area contributed by atoms with Crippen molar-refractivity contribution in [2.75, 3.05) is 0 Å². The zero-order valence-electron chi connectivity index (χ0n) is 10.3. The molecule has 1 heterocycles. The van der Waals surface area contributed by atoms with E-state index >= 15 is 0 Å². The molecule has 0 spiro atoms. The van der Waals surface area contributed by atoms with Gasteiger partial charge in [0.2, 0.25) is 0 Å². The summed E-state index contributed by atoms with van der Waals surface area (Å²) in [6.07, 6.45) is 0. The fraction of sp³-hybridized carbons (Fsp3) is 0. The smallest absolute Gasteiger partial charge is 0.327 e. The molecule has 0 fully saturated rings. The van der Waals surface area contributed by atoms with Crippen LogP contribution in [0.4, 0.5) is 0 Å². The molecule has 2 atom stereocenters. The third kappa shape index (κ3) is 3.96. The number of nitrogens with one attached hydrogen (secondary N) is 1. The minimum Gasteiger partial charge on any atom is -0.443 e. The lowest BCUT2D eigenvalue weighted by molar-refractivity contribution is 0.587. The summed E-state index contributed by atoms with van der Waals surface area (Å²) in [7, 11) is -1.57. The minimum absolute atomic E-state index is 0.747. The molecule has 5 nitrogen and oxygen atoms in total. The Morgan fingerprint density at radius 3 is 2.10 bits per heavy atom. The highest BCUT2D eigenvalue weighted by molar-refractivity contribution is 7.72. The third-order valence-corrected chi connectivity index (χ3v) is 6.31. The first-order valence-electron chi connectivity index (χ1n) is 5.84. The Morgan fingerprint density at radius 2 is 1.45 bits per heavy atom. The number of rotatable bonds is 4. The second kappa shape index (κ2) is 7.08. The largest absolute Gasteiger partial charge is 0.443 e. The van der Waals surface area contributed by atoms with Gasteiger partial charge in [-0.3, -0.25) is 0 Å². The molecule has 0 saturated heterocycles. The fourth-order valence-corrected chi connectivity index (χ4v) is 5.34. The van der Waals surface area contributed by atoms with Gasteiger partial charge in [0.25, 0.3) is 8.45 Å². The second-order valence-electron chi connectivity index (χ2n) is 3.71. The van der Waals surface area contributed by atoms with E-state index in [0.717, 1.165) is 20.0 Å². The summed E-state index contributed by atoms with van der Waals surface area (Å²) in [5, 5.41) is 0. The molecule has 0 bridgehead atoms. The van der Waals surface area contributed by atoms with Crippen LogP contribution in [-0.4, -0.2) is 0 Å². The van der Waals surface area contributed by atoms with Crippen molar-refractivity contribution in [2.45, 2.75) is 0 Å². The van der Waals surface area contributed by atoms with Crippen LogP contribution >= 0.6 is 25.4 Å².